The second-order valence-electron chi connectivity index (χ2n) is 8.00. The van der Waals surface area contributed by atoms with Crippen molar-refractivity contribution >= 4 is 18.3 Å². The Morgan fingerprint density at radius 3 is 2.63 bits per heavy atom. The molecule has 7 nitrogen and oxygen atoms in total. The summed E-state index contributed by atoms with van der Waals surface area (Å²) in [7, 11) is 3.84. The number of fused-ring (bicyclic) bond motifs is 1. The summed E-state index contributed by atoms with van der Waals surface area (Å²) in [5.74, 6) is -0.0913. The quantitative estimate of drug-likeness (QED) is 0.623. The van der Waals surface area contributed by atoms with E-state index < -0.39 is 5.67 Å². The summed E-state index contributed by atoms with van der Waals surface area (Å²) in [4.78, 5) is 28.8. The van der Waals surface area contributed by atoms with Gasteiger partial charge in [0.2, 0.25) is 5.88 Å². The predicted molar refractivity (Wildman–Crippen MR) is 114 cm³/mol. The van der Waals surface area contributed by atoms with E-state index in [1.54, 1.807) is 4.90 Å². The molecule has 30 heavy (non-hydrogen) atoms. The highest BCUT2D eigenvalue weighted by molar-refractivity contribution is 5.99. The lowest BCUT2D eigenvalue weighted by molar-refractivity contribution is 0.0754. The molecule has 0 radical (unpaired) electrons. The number of hydrogen-bond acceptors (Lipinski definition) is 6. The van der Waals surface area contributed by atoms with Crippen LogP contribution in [-0.4, -0.2) is 58.8 Å². The van der Waals surface area contributed by atoms with Crippen molar-refractivity contribution in [3.8, 4) is 5.88 Å². The molecule has 0 atom stereocenters. The van der Waals surface area contributed by atoms with Gasteiger partial charge in [-0.15, -0.1) is 0 Å². The molecule has 0 unspecified atom stereocenters. The maximum atomic E-state index is 13.8. The fourth-order valence-electron chi connectivity index (χ4n) is 3.08. The summed E-state index contributed by atoms with van der Waals surface area (Å²) >= 11 is 0. The molecule has 0 saturated carbocycles. The van der Waals surface area contributed by atoms with E-state index in [0.717, 1.165) is 16.8 Å². The normalized spacial score (nSPS) is 14.0. The third-order valence-corrected chi connectivity index (χ3v) is 4.46. The van der Waals surface area contributed by atoms with Gasteiger partial charge in [-0.2, -0.15) is 0 Å². The number of carbonyl (C=O) groups is 1. The van der Waals surface area contributed by atoms with Crippen LogP contribution < -0.4 is 4.74 Å². The van der Waals surface area contributed by atoms with E-state index in [9.17, 15) is 9.18 Å². The van der Waals surface area contributed by atoms with Crippen molar-refractivity contribution < 1.29 is 13.9 Å². The van der Waals surface area contributed by atoms with E-state index in [1.165, 1.54) is 20.2 Å². The van der Waals surface area contributed by atoms with Crippen LogP contribution in [0.25, 0.3) is 5.70 Å². The zero-order valence-corrected chi connectivity index (χ0v) is 17.7. The molecule has 0 bridgehead atoms. The number of alkyl halides is 1. The van der Waals surface area contributed by atoms with Gasteiger partial charge in [-0.05, 0) is 26.1 Å². The zero-order valence-electron chi connectivity index (χ0n) is 17.7. The van der Waals surface area contributed by atoms with E-state index in [1.807, 2.05) is 49.5 Å². The van der Waals surface area contributed by atoms with Gasteiger partial charge in [-0.25, -0.2) is 14.4 Å². The second kappa shape index (κ2) is 8.61. The van der Waals surface area contributed by atoms with E-state index >= 15 is 0 Å². The van der Waals surface area contributed by atoms with Crippen LogP contribution >= 0.6 is 0 Å². The van der Waals surface area contributed by atoms with Gasteiger partial charge in [-0.1, -0.05) is 24.3 Å². The van der Waals surface area contributed by atoms with E-state index in [2.05, 4.69) is 21.7 Å². The summed E-state index contributed by atoms with van der Waals surface area (Å²) in [5.41, 5.74) is 2.04. The summed E-state index contributed by atoms with van der Waals surface area (Å²) in [6.45, 7) is 7.02. The molecule has 1 aromatic heterocycles. The minimum Gasteiger partial charge on any atom is -0.474 e. The lowest BCUT2D eigenvalue weighted by Crippen LogP contribution is -2.25. The minimum atomic E-state index is -1.53. The Bertz CT molecular complexity index is 964. The van der Waals surface area contributed by atoms with Gasteiger partial charge >= 0.3 is 0 Å². The number of nitrogens with zero attached hydrogens (tertiary/aromatic N) is 5. The smallest absolute Gasteiger partial charge is 0.261 e. The highest BCUT2D eigenvalue weighted by atomic mass is 19.1. The highest BCUT2D eigenvalue weighted by Gasteiger charge is 2.33. The molecule has 158 valence electrons. The number of aliphatic imine (C=N–C) groups is 1. The fourth-order valence-corrected chi connectivity index (χ4v) is 3.08. The number of benzene rings is 1. The Kier molecular flexibility index (Phi) is 6.14. The number of rotatable bonds is 8. The van der Waals surface area contributed by atoms with Crippen molar-refractivity contribution in [1.82, 2.24) is 19.8 Å². The Morgan fingerprint density at radius 1 is 1.33 bits per heavy atom. The predicted octanol–water partition coefficient (Wildman–Crippen LogP) is 3.32. The highest BCUT2D eigenvalue weighted by Crippen LogP contribution is 2.29. The molecule has 1 aliphatic heterocycles. The number of ether oxygens (including phenoxy) is 1. The summed E-state index contributed by atoms with van der Waals surface area (Å²) in [5, 5.41) is 0. The molecule has 1 aliphatic rings. The van der Waals surface area contributed by atoms with E-state index in [-0.39, 0.29) is 18.4 Å². The van der Waals surface area contributed by atoms with E-state index in [0.29, 0.717) is 24.3 Å². The molecule has 1 amide bonds. The Morgan fingerprint density at radius 2 is 2.03 bits per heavy atom. The van der Waals surface area contributed by atoms with Crippen molar-refractivity contribution in [2.24, 2.45) is 4.99 Å². The van der Waals surface area contributed by atoms with Gasteiger partial charge in [0.15, 0.2) is 0 Å². The monoisotopic (exact) mass is 411 g/mol. The van der Waals surface area contributed by atoms with Gasteiger partial charge in [0.1, 0.15) is 24.2 Å². The van der Waals surface area contributed by atoms with Gasteiger partial charge in [0, 0.05) is 32.4 Å². The Hall–Kier alpha value is -3.29. The SMILES string of the molecule is C=N/C(=C\N(C)C)c1ccc(CN2Cc3ncnc(OCC(C)(C)F)c3C2=O)cc1. The molecule has 0 N–H and O–H groups in total. The minimum absolute atomic E-state index is 0.129. The number of carbonyl (C=O) groups excluding carboxylic acids is 1. The first-order valence-electron chi connectivity index (χ1n) is 9.57. The Balaban J connectivity index is 1.74. The number of amides is 1. The summed E-state index contributed by atoms with van der Waals surface area (Å²) in [6, 6.07) is 7.80. The molecule has 3 rings (SSSR count). The maximum absolute atomic E-state index is 13.8. The third kappa shape index (κ3) is 5.00. The summed E-state index contributed by atoms with van der Waals surface area (Å²) < 4.78 is 19.3. The number of aromatic nitrogens is 2. The number of hydrogen-bond donors (Lipinski definition) is 0. The average molecular weight is 411 g/mol. The van der Waals surface area contributed by atoms with Crippen molar-refractivity contribution in [3.05, 3.63) is 59.2 Å². The van der Waals surface area contributed by atoms with Gasteiger partial charge in [0.25, 0.3) is 5.91 Å². The molecular formula is C22H26FN5O2. The van der Waals surface area contributed by atoms with Crippen LogP contribution in [0.4, 0.5) is 4.39 Å². The molecule has 1 aromatic carbocycles. The first-order chi connectivity index (χ1) is 14.2. The van der Waals surface area contributed by atoms with Crippen LogP contribution in [0, 0.1) is 0 Å². The molecule has 0 saturated heterocycles. The average Bonchev–Trinajstić information content (AvgIpc) is 3.00. The van der Waals surface area contributed by atoms with Crippen LogP contribution in [0.15, 0.2) is 41.8 Å². The lowest BCUT2D eigenvalue weighted by Gasteiger charge is -2.17. The van der Waals surface area contributed by atoms with Crippen LogP contribution in [0.5, 0.6) is 5.88 Å². The second-order valence-corrected chi connectivity index (χ2v) is 8.00. The van der Waals surface area contributed by atoms with Gasteiger partial charge in [0.05, 0.1) is 17.9 Å². The maximum Gasteiger partial charge on any atom is 0.261 e. The molecule has 2 heterocycles. The molecule has 0 fully saturated rings. The topological polar surface area (TPSA) is 70.9 Å². The van der Waals surface area contributed by atoms with Crippen molar-refractivity contribution in [2.75, 3.05) is 20.7 Å². The first kappa shape index (κ1) is 21.4. The van der Waals surface area contributed by atoms with Crippen molar-refractivity contribution in [1.29, 1.82) is 0 Å². The molecule has 0 spiro atoms. The molecular weight excluding hydrogens is 385 g/mol. The first-order valence-corrected chi connectivity index (χ1v) is 9.57. The fraction of sp³-hybridized carbons (Fsp3) is 0.364. The largest absolute Gasteiger partial charge is 0.474 e. The lowest BCUT2D eigenvalue weighted by atomic mass is 10.1. The number of halogens is 1. The van der Waals surface area contributed by atoms with Crippen molar-refractivity contribution in [3.63, 3.8) is 0 Å². The zero-order chi connectivity index (χ0) is 21.9. The van der Waals surface area contributed by atoms with Crippen LogP contribution in [-0.2, 0) is 13.1 Å². The standard InChI is InChI=1S/C22H26FN5O2/c1-22(2,23)13-30-20-19-18(25-14-26-20)12-28(21(19)29)10-15-6-8-16(9-7-15)17(24-3)11-27(4)5/h6-9,11,14H,3,10,12-13H2,1-2,4-5H3/b17-11-. The van der Waals surface area contributed by atoms with Gasteiger partial charge < -0.3 is 14.5 Å². The molecule has 8 heteroatoms. The summed E-state index contributed by atoms with van der Waals surface area (Å²) in [6.07, 6.45) is 3.23. The van der Waals surface area contributed by atoms with Crippen LogP contribution in [0.1, 0.15) is 41.0 Å². The molecule has 2 aromatic rings. The van der Waals surface area contributed by atoms with E-state index in [4.69, 9.17) is 4.74 Å². The van der Waals surface area contributed by atoms with Crippen LogP contribution in [0.2, 0.25) is 0 Å². The van der Waals surface area contributed by atoms with Crippen LogP contribution in [0.3, 0.4) is 0 Å². The third-order valence-electron chi connectivity index (χ3n) is 4.46. The molecule has 0 aliphatic carbocycles. The van der Waals surface area contributed by atoms with Crippen molar-refractivity contribution in [2.45, 2.75) is 32.6 Å². The van der Waals surface area contributed by atoms with Gasteiger partial charge in [-0.3, -0.25) is 9.79 Å². The Labute approximate surface area is 175 Å².